The Labute approximate surface area is 207 Å². The number of ether oxygens (including phenoxy) is 1. The number of hydrogen-bond donors (Lipinski definition) is 1. The minimum absolute atomic E-state index is 0.138. The summed E-state index contributed by atoms with van der Waals surface area (Å²) >= 11 is 0. The van der Waals surface area contributed by atoms with Crippen molar-refractivity contribution < 1.29 is 14.0 Å². The van der Waals surface area contributed by atoms with Crippen LogP contribution in [-0.2, 0) is 21.1 Å². The van der Waals surface area contributed by atoms with Gasteiger partial charge in [-0.15, -0.1) is 0 Å². The molecule has 1 atom stereocenters. The number of aromatic nitrogens is 2. The largest absolute Gasteiger partial charge is 0.496 e. The maximum Gasteiger partial charge on any atom is 0.496 e. The number of hydrogen-bond acceptors (Lipinski definition) is 8. The van der Waals surface area contributed by atoms with Gasteiger partial charge in [-0.05, 0) is 52.8 Å². The summed E-state index contributed by atoms with van der Waals surface area (Å²) in [5.74, 6) is 0.620. The van der Waals surface area contributed by atoms with Crippen molar-refractivity contribution in [2.45, 2.75) is 57.9 Å². The molecule has 0 aliphatic carbocycles. The third-order valence-corrected chi connectivity index (χ3v) is 7.87. The van der Waals surface area contributed by atoms with E-state index in [4.69, 9.17) is 14.0 Å². The van der Waals surface area contributed by atoms with Crippen molar-refractivity contribution in [2.24, 2.45) is 7.05 Å². The van der Waals surface area contributed by atoms with E-state index in [9.17, 15) is 4.79 Å². The van der Waals surface area contributed by atoms with Crippen molar-refractivity contribution in [2.75, 3.05) is 43.1 Å². The van der Waals surface area contributed by atoms with Crippen LogP contribution in [0.3, 0.4) is 0 Å². The van der Waals surface area contributed by atoms with Gasteiger partial charge in [0.25, 0.3) is 5.56 Å². The molecule has 1 unspecified atom stereocenters. The van der Waals surface area contributed by atoms with Crippen LogP contribution in [0.25, 0.3) is 0 Å². The highest BCUT2D eigenvalue weighted by molar-refractivity contribution is 6.62. The Bertz CT molecular complexity index is 1120. The lowest BCUT2D eigenvalue weighted by atomic mass is 9.80. The zero-order chi connectivity index (χ0) is 25.0. The van der Waals surface area contributed by atoms with E-state index in [0.29, 0.717) is 23.6 Å². The van der Waals surface area contributed by atoms with E-state index in [1.165, 1.54) is 0 Å². The van der Waals surface area contributed by atoms with Gasteiger partial charge in [-0.1, -0.05) is 0 Å². The number of rotatable bonds is 5. The Morgan fingerprint density at radius 2 is 1.83 bits per heavy atom. The van der Waals surface area contributed by atoms with Gasteiger partial charge in [-0.25, -0.2) is 4.98 Å². The molecule has 5 rings (SSSR count). The second kappa shape index (κ2) is 8.92. The lowest BCUT2D eigenvalue weighted by Crippen LogP contribution is -2.59. The van der Waals surface area contributed by atoms with Crippen molar-refractivity contribution >= 4 is 29.8 Å². The summed E-state index contributed by atoms with van der Waals surface area (Å²) in [6.07, 6.45) is 3.65. The van der Waals surface area contributed by atoms with E-state index < -0.39 is 18.3 Å². The first-order chi connectivity index (χ1) is 16.5. The molecule has 188 valence electrons. The van der Waals surface area contributed by atoms with Crippen LogP contribution in [0.4, 0.5) is 17.2 Å². The molecular weight excluding hydrogens is 445 g/mol. The van der Waals surface area contributed by atoms with Crippen molar-refractivity contribution in [3.63, 3.8) is 0 Å². The molecule has 9 nitrogen and oxygen atoms in total. The fourth-order valence-corrected chi connectivity index (χ4v) is 4.84. The summed E-state index contributed by atoms with van der Waals surface area (Å²) in [7, 11) is 1.18. The summed E-state index contributed by atoms with van der Waals surface area (Å²) in [5.41, 5.74) is 1.27. The van der Waals surface area contributed by atoms with Gasteiger partial charge in [-0.3, -0.25) is 9.69 Å². The number of nitrogens with zero attached hydrogens (tertiary/aromatic N) is 4. The highest BCUT2D eigenvalue weighted by atomic mass is 16.7. The average Bonchev–Trinajstić information content (AvgIpc) is 2.98. The van der Waals surface area contributed by atoms with E-state index in [0.717, 1.165) is 44.0 Å². The van der Waals surface area contributed by atoms with Gasteiger partial charge in [0.1, 0.15) is 11.5 Å². The summed E-state index contributed by atoms with van der Waals surface area (Å²) < 4.78 is 19.3. The zero-order valence-corrected chi connectivity index (χ0v) is 21.6. The molecule has 3 aliphatic heterocycles. The predicted octanol–water partition coefficient (Wildman–Crippen LogP) is 1.73. The van der Waals surface area contributed by atoms with Crippen molar-refractivity contribution in [3.8, 4) is 0 Å². The Morgan fingerprint density at radius 3 is 2.40 bits per heavy atom. The Balaban J connectivity index is 1.29. The first kappa shape index (κ1) is 24.3. The molecule has 10 heteroatoms. The summed E-state index contributed by atoms with van der Waals surface area (Å²) in [4.78, 5) is 22.4. The Hall–Kier alpha value is -2.40. The molecule has 0 amide bonds. The maximum absolute atomic E-state index is 12.8. The fourth-order valence-electron chi connectivity index (χ4n) is 4.84. The molecular formula is C25H36BN5O4. The number of pyridine rings is 2. The third kappa shape index (κ3) is 4.60. The highest BCUT2D eigenvalue weighted by Gasteiger charge is 2.52. The van der Waals surface area contributed by atoms with Crippen LogP contribution >= 0.6 is 0 Å². The van der Waals surface area contributed by atoms with Gasteiger partial charge in [0.2, 0.25) is 0 Å². The van der Waals surface area contributed by atoms with Crippen LogP contribution in [-0.4, -0.2) is 77.7 Å². The lowest BCUT2D eigenvalue weighted by Gasteiger charge is -2.46. The third-order valence-electron chi connectivity index (χ3n) is 7.87. The van der Waals surface area contributed by atoms with Gasteiger partial charge in [0, 0.05) is 44.4 Å². The average molecular weight is 481 g/mol. The van der Waals surface area contributed by atoms with Gasteiger partial charge in [0.05, 0.1) is 42.3 Å². The van der Waals surface area contributed by atoms with E-state index in [2.05, 4.69) is 33.1 Å². The number of piperazine rings is 1. The van der Waals surface area contributed by atoms with E-state index in [1.54, 1.807) is 23.9 Å². The monoisotopic (exact) mass is 481 g/mol. The maximum atomic E-state index is 12.8. The molecule has 3 aliphatic rings. The molecule has 2 aromatic rings. The van der Waals surface area contributed by atoms with E-state index >= 15 is 0 Å². The van der Waals surface area contributed by atoms with E-state index in [1.807, 2.05) is 40.0 Å². The minimum Gasteiger partial charge on any atom is -0.399 e. The van der Waals surface area contributed by atoms with Gasteiger partial charge in [-0.2, -0.15) is 0 Å². The molecule has 35 heavy (non-hydrogen) atoms. The van der Waals surface area contributed by atoms with Crippen LogP contribution in [0.15, 0.2) is 35.4 Å². The summed E-state index contributed by atoms with van der Waals surface area (Å²) in [5, 5.41) is 3.20. The van der Waals surface area contributed by atoms with Crippen LogP contribution < -0.4 is 21.2 Å². The molecule has 3 fully saturated rings. The molecule has 0 saturated carbocycles. The highest BCUT2D eigenvalue weighted by Crippen LogP contribution is 2.36. The second-order valence-corrected chi connectivity index (χ2v) is 10.9. The SMILES string of the molecule is CC1CN(C2COC2)CCN1c1ccc(Nc2cc(B3OC(C)(C)C(C)(C)O3)cn(C)c2=O)nc1. The fraction of sp³-hybridized carbons (Fsp3) is 0.600. The van der Waals surface area contributed by atoms with Gasteiger partial charge in [0.15, 0.2) is 0 Å². The van der Waals surface area contributed by atoms with Gasteiger partial charge >= 0.3 is 7.12 Å². The Morgan fingerprint density at radius 1 is 1.11 bits per heavy atom. The topological polar surface area (TPSA) is 81.1 Å². The van der Waals surface area contributed by atoms with Crippen molar-refractivity contribution in [3.05, 3.63) is 40.9 Å². The molecule has 3 saturated heterocycles. The number of anilines is 3. The lowest BCUT2D eigenvalue weighted by molar-refractivity contribution is -0.0691. The van der Waals surface area contributed by atoms with Crippen LogP contribution in [0.5, 0.6) is 0 Å². The van der Waals surface area contributed by atoms with E-state index in [-0.39, 0.29) is 5.56 Å². The zero-order valence-electron chi connectivity index (χ0n) is 21.6. The number of nitrogens with one attached hydrogen (secondary N) is 1. The minimum atomic E-state index is -0.547. The smallest absolute Gasteiger partial charge is 0.399 e. The predicted molar refractivity (Wildman–Crippen MR) is 138 cm³/mol. The first-order valence-corrected chi connectivity index (χ1v) is 12.4. The molecule has 0 aromatic carbocycles. The summed E-state index contributed by atoms with van der Waals surface area (Å²) in [6.45, 7) is 15.0. The molecule has 1 N–H and O–H groups in total. The molecule has 0 radical (unpaired) electrons. The van der Waals surface area contributed by atoms with Crippen molar-refractivity contribution in [1.82, 2.24) is 14.5 Å². The Kier molecular flexibility index (Phi) is 6.20. The van der Waals surface area contributed by atoms with Crippen LogP contribution in [0, 0.1) is 0 Å². The molecule has 2 aromatic heterocycles. The molecule has 5 heterocycles. The molecule has 0 bridgehead atoms. The second-order valence-electron chi connectivity index (χ2n) is 10.9. The van der Waals surface area contributed by atoms with Crippen LogP contribution in [0.2, 0.25) is 0 Å². The summed E-state index contributed by atoms with van der Waals surface area (Å²) in [6, 6.07) is 6.76. The standard InChI is InChI=1S/C25H36BN5O4/c1-17-13-30(20-15-33-16-20)9-10-31(17)19-7-8-22(27-12-19)28-21-11-18(14-29(6)23(21)32)26-34-24(2,3)25(4,5)35-26/h7-8,11-12,14,17,20H,9-10,13,15-16H2,1-6H3,(H,27,28). The quantitative estimate of drug-likeness (QED) is 0.647. The first-order valence-electron chi connectivity index (χ1n) is 12.4. The normalized spacial score (nSPS) is 24.5. The van der Waals surface area contributed by atoms with Crippen LogP contribution in [0.1, 0.15) is 34.6 Å². The van der Waals surface area contributed by atoms with Gasteiger partial charge < -0.3 is 28.8 Å². The molecule has 0 spiro atoms. The van der Waals surface area contributed by atoms with Crippen molar-refractivity contribution in [1.29, 1.82) is 0 Å². The number of aryl methyl sites for hydroxylation is 1.